The Morgan fingerprint density at radius 2 is 2.08 bits per heavy atom. The number of ether oxygens (including phenoxy) is 1. The molecule has 1 fully saturated rings. The molecular weight excluding hydrogens is 339 g/mol. The van der Waals surface area contributed by atoms with Crippen LogP contribution in [0.1, 0.15) is 28.8 Å². The van der Waals surface area contributed by atoms with Gasteiger partial charge in [0.2, 0.25) is 0 Å². The van der Waals surface area contributed by atoms with E-state index in [4.69, 9.17) is 4.74 Å². The Bertz CT molecular complexity index is 806. The van der Waals surface area contributed by atoms with Crippen molar-refractivity contribution in [1.82, 2.24) is 4.90 Å². The molecule has 26 heavy (non-hydrogen) atoms. The Hall–Kier alpha value is -2.80. The number of carbonyl (C=O) groups excluding carboxylic acids is 1. The van der Waals surface area contributed by atoms with Crippen molar-refractivity contribution in [2.75, 3.05) is 13.2 Å². The van der Waals surface area contributed by atoms with Gasteiger partial charge in [-0.2, -0.15) is 0 Å². The standard InChI is InChI=1S/C19H19FN2O4/c20-18-9-2-1-5-15(18)12-21(13-17-8-4-10-26-17)19(23)14-6-3-7-16(11-14)22(24)25/h1-3,5-7,9,11,17H,4,8,10,12-13H2. The van der Waals surface area contributed by atoms with Gasteiger partial charge in [0.25, 0.3) is 11.6 Å². The van der Waals surface area contributed by atoms with Crippen molar-refractivity contribution in [2.45, 2.75) is 25.5 Å². The first-order valence-electron chi connectivity index (χ1n) is 8.43. The minimum Gasteiger partial charge on any atom is -0.376 e. The summed E-state index contributed by atoms with van der Waals surface area (Å²) in [6, 6.07) is 11.8. The molecule has 0 radical (unpaired) electrons. The Labute approximate surface area is 150 Å². The van der Waals surface area contributed by atoms with Crippen LogP contribution in [0.3, 0.4) is 0 Å². The molecule has 136 valence electrons. The van der Waals surface area contributed by atoms with Crippen LogP contribution in [0.5, 0.6) is 0 Å². The molecule has 1 aliphatic heterocycles. The summed E-state index contributed by atoms with van der Waals surface area (Å²) in [6.45, 7) is 1.03. The number of non-ortho nitro benzene ring substituents is 1. The number of nitrogens with zero attached hydrogens (tertiary/aromatic N) is 2. The van der Waals surface area contributed by atoms with Crippen LogP contribution in [0.4, 0.5) is 10.1 Å². The molecule has 7 heteroatoms. The summed E-state index contributed by atoms with van der Waals surface area (Å²) < 4.78 is 19.6. The molecule has 1 aliphatic rings. The number of halogens is 1. The van der Waals surface area contributed by atoms with Gasteiger partial charge in [0.15, 0.2) is 0 Å². The van der Waals surface area contributed by atoms with Crippen molar-refractivity contribution >= 4 is 11.6 Å². The monoisotopic (exact) mass is 358 g/mol. The van der Waals surface area contributed by atoms with Crippen molar-refractivity contribution in [3.8, 4) is 0 Å². The maximum absolute atomic E-state index is 14.0. The molecule has 3 rings (SSSR count). The van der Waals surface area contributed by atoms with Crippen LogP contribution in [0, 0.1) is 15.9 Å². The van der Waals surface area contributed by atoms with Crippen LogP contribution >= 0.6 is 0 Å². The second-order valence-electron chi connectivity index (χ2n) is 6.22. The topological polar surface area (TPSA) is 72.7 Å². The molecule has 1 unspecified atom stereocenters. The Balaban J connectivity index is 1.86. The number of benzene rings is 2. The zero-order chi connectivity index (χ0) is 18.5. The van der Waals surface area contributed by atoms with Gasteiger partial charge in [0.05, 0.1) is 11.0 Å². The number of amides is 1. The molecule has 0 aliphatic carbocycles. The fourth-order valence-corrected chi connectivity index (χ4v) is 3.02. The number of hydrogen-bond acceptors (Lipinski definition) is 4. The lowest BCUT2D eigenvalue weighted by Crippen LogP contribution is -2.37. The van der Waals surface area contributed by atoms with Crippen LogP contribution in [-0.4, -0.2) is 35.0 Å². The summed E-state index contributed by atoms with van der Waals surface area (Å²) in [5, 5.41) is 11.0. The van der Waals surface area contributed by atoms with Crippen molar-refractivity contribution in [3.05, 3.63) is 75.6 Å². The number of nitro groups is 1. The summed E-state index contributed by atoms with van der Waals surface area (Å²) in [5.41, 5.74) is 0.441. The first kappa shape index (κ1) is 18.0. The van der Waals surface area contributed by atoms with Gasteiger partial charge in [-0.25, -0.2) is 4.39 Å². The van der Waals surface area contributed by atoms with E-state index in [1.165, 1.54) is 35.2 Å². The van der Waals surface area contributed by atoms with E-state index in [0.29, 0.717) is 18.7 Å². The maximum atomic E-state index is 14.0. The summed E-state index contributed by atoms with van der Waals surface area (Å²) in [7, 11) is 0. The summed E-state index contributed by atoms with van der Waals surface area (Å²) in [6.07, 6.45) is 1.64. The molecule has 1 amide bonds. The van der Waals surface area contributed by atoms with E-state index in [2.05, 4.69) is 0 Å². The maximum Gasteiger partial charge on any atom is 0.270 e. The quantitative estimate of drug-likeness (QED) is 0.585. The highest BCUT2D eigenvalue weighted by Crippen LogP contribution is 2.20. The van der Waals surface area contributed by atoms with Gasteiger partial charge in [-0.1, -0.05) is 24.3 Å². The number of nitro benzene ring substituents is 1. The summed E-state index contributed by atoms with van der Waals surface area (Å²) in [4.78, 5) is 24.9. The van der Waals surface area contributed by atoms with Crippen LogP contribution < -0.4 is 0 Å². The lowest BCUT2D eigenvalue weighted by molar-refractivity contribution is -0.384. The lowest BCUT2D eigenvalue weighted by Gasteiger charge is -2.26. The predicted molar refractivity (Wildman–Crippen MR) is 93.2 cm³/mol. The van der Waals surface area contributed by atoms with Gasteiger partial charge >= 0.3 is 0 Å². The molecule has 1 saturated heterocycles. The fourth-order valence-electron chi connectivity index (χ4n) is 3.02. The third-order valence-corrected chi connectivity index (χ3v) is 4.36. The second kappa shape index (κ2) is 8.05. The Morgan fingerprint density at radius 3 is 2.77 bits per heavy atom. The molecule has 2 aromatic rings. The molecule has 0 N–H and O–H groups in total. The normalized spacial score (nSPS) is 16.4. The van der Waals surface area contributed by atoms with E-state index < -0.39 is 10.7 Å². The van der Waals surface area contributed by atoms with Gasteiger partial charge in [0, 0.05) is 43.0 Å². The van der Waals surface area contributed by atoms with E-state index in [9.17, 15) is 19.3 Å². The van der Waals surface area contributed by atoms with E-state index in [0.717, 1.165) is 12.8 Å². The molecule has 6 nitrogen and oxygen atoms in total. The van der Waals surface area contributed by atoms with Gasteiger partial charge in [0.1, 0.15) is 5.82 Å². The summed E-state index contributed by atoms with van der Waals surface area (Å²) >= 11 is 0. The smallest absolute Gasteiger partial charge is 0.270 e. The zero-order valence-electron chi connectivity index (χ0n) is 14.1. The van der Waals surface area contributed by atoms with Gasteiger partial charge < -0.3 is 9.64 Å². The summed E-state index contributed by atoms with van der Waals surface area (Å²) in [5.74, 6) is -0.774. The highest BCUT2D eigenvalue weighted by Gasteiger charge is 2.25. The SMILES string of the molecule is O=C(c1cccc([N+](=O)[O-])c1)N(Cc1ccccc1F)CC1CCCO1. The van der Waals surface area contributed by atoms with E-state index >= 15 is 0 Å². The Morgan fingerprint density at radius 1 is 1.27 bits per heavy atom. The molecule has 0 bridgehead atoms. The van der Waals surface area contributed by atoms with Crippen molar-refractivity contribution in [1.29, 1.82) is 0 Å². The first-order chi connectivity index (χ1) is 12.5. The van der Waals surface area contributed by atoms with Gasteiger partial charge in [-0.05, 0) is 25.0 Å². The van der Waals surface area contributed by atoms with Gasteiger partial charge in [-0.15, -0.1) is 0 Å². The largest absolute Gasteiger partial charge is 0.376 e. The molecule has 0 spiro atoms. The van der Waals surface area contributed by atoms with Crippen molar-refractivity contribution in [2.24, 2.45) is 0 Å². The highest BCUT2D eigenvalue weighted by atomic mass is 19.1. The predicted octanol–water partition coefficient (Wildman–Crippen LogP) is 3.56. The average molecular weight is 358 g/mol. The second-order valence-corrected chi connectivity index (χ2v) is 6.22. The van der Waals surface area contributed by atoms with Crippen molar-refractivity contribution in [3.63, 3.8) is 0 Å². The van der Waals surface area contributed by atoms with Crippen LogP contribution in [0.25, 0.3) is 0 Å². The van der Waals surface area contributed by atoms with E-state index in [1.54, 1.807) is 18.2 Å². The van der Waals surface area contributed by atoms with Crippen molar-refractivity contribution < 1.29 is 18.8 Å². The third kappa shape index (κ3) is 4.23. The average Bonchev–Trinajstić information content (AvgIpc) is 3.15. The van der Waals surface area contributed by atoms with E-state index in [-0.39, 0.29) is 29.8 Å². The van der Waals surface area contributed by atoms with Gasteiger partial charge in [-0.3, -0.25) is 14.9 Å². The number of rotatable bonds is 6. The fraction of sp³-hybridized carbons (Fsp3) is 0.316. The third-order valence-electron chi connectivity index (χ3n) is 4.36. The van der Waals surface area contributed by atoms with Crippen LogP contribution in [0.2, 0.25) is 0 Å². The molecule has 2 aromatic carbocycles. The molecule has 1 atom stereocenters. The van der Waals surface area contributed by atoms with Crippen LogP contribution in [-0.2, 0) is 11.3 Å². The minimum absolute atomic E-state index is 0.0774. The zero-order valence-corrected chi connectivity index (χ0v) is 14.1. The molecule has 1 heterocycles. The van der Waals surface area contributed by atoms with E-state index in [1.807, 2.05) is 0 Å². The molecule has 0 aromatic heterocycles. The highest BCUT2D eigenvalue weighted by molar-refractivity contribution is 5.94. The molecule has 0 saturated carbocycles. The van der Waals surface area contributed by atoms with Crippen LogP contribution in [0.15, 0.2) is 48.5 Å². The first-order valence-corrected chi connectivity index (χ1v) is 8.43. The lowest BCUT2D eigenvalue weighted by atomic mass is 10.1. The minimum atomic E-state index is -0.544. The Kier molecular flexibility index (Phi) is 5.58. The molecular formula is C19H19FN2O4. The number of carbonyl (C=O) groups is 1. The number of hydrogen-bond donors (Lipinski definition) is 0.